The zero-order valence-electron chi connectivity index (χ0n) is 16.0. The van der Waals surface area contributed by atoms with Gasteiger partial charge in [0.05, 0.1) is 12.1 Å². The highest BCUT2D eigenvalue weighted by Crippen LogP contribution is 2.37. The lowest BCUT2D eigenvalue weighted by Gasteiger charge is -2.51. The molecule has 2 saturated heterocycles. The molecule has 7 nitrogen and oxygen atoms in total. The molecule has 1 amide bonds. The molecule has 1 spiro atoms. The molecular weight excluding hydrogens is 370 g/mol. The predicted octanol–water partition coefficient (Wildman–Crippen LogP) is 1.51. The fraction of sp³-hybridized carbons (Fsp3) is 0.632. The summed E-state index contributed by atoms with van der Waals surface area (Å²) >= 11 is 6.38. The van der Waals surface area contributed by atoms with Gasteiger partial charge in [0.1, 0.15) is 0 Å². The third kappa shape index (κ3) is 4.66. The maximum absolute atomic E-state index is 11.0. The van der Waals surface area contributed by atoms with Gasteiger partial charge < -0.3 is 19.9 Å². The van der Waals surface area contributed by atoms with Crippen molar-refractivity contribution >= 4 is 17.5 Å². The zero-order chi connectivity index (χ0) is 19.4. The monoisotopic (exact) mass is 397 g/mol. The molecule has 0 radical (unpaired) electrons. The van der Waals surface area contributed by atoms with E-state index in [2.05, 4.69) is 16.8 Å². The number of amides is 1. The molecule has 0 unspecified atom stereocenters. The Morgan fingerprint density at radius 1 is 1.33 bits per heavy atom. The second kappa shape index (κ2) is 8.65. The van der Waals surface area contributed by atoms with Crippen LogP contribution >= 0.6 is 11.6 Å². The van der Waals surface area contributed by atoms with Crippen LogP contribution in [0.2, 0.25) is 5.02 Å². The Balaban J connectivity index is 1.73. The third-order valence-electron chi connectivity index (χ3n) is 5.56. The molecule has 1 aromatic carbocycles. The Hall–Kier alpha value is -1.54. The van der Waals surface area contributed by atoms with Gasteiger partial charge in [0.25, 0.3) is 5.91 Å². The van der Waals surface area contributed by atoms with E-state index >= 15 is 0 Å². The summed E-state index contributed by atoms with van der Waals surface area (Å²) in [6.45, 7) is 5.23. The van der Waals surface area contributed by atoms with Gasteiger partial charge in [-0.2, -0.15) is 0 Å². The Kier molecular flexibility index (Phi) is 6.47. The predicted molar refractivity (Wildman–Crippen MR) is 103 cm³/mol. The number of carbonyl (C=O) groups is 1. The van der Waals surface area contributed by atoms with Crippen molar-refractivity contribution in [1.82, 2.24) is 9.80 Å². The fourth-order valence-corrected chi connectivity index (χ4v) is 4.26. The average Bonchev–Trinajstić information content (AvgIpc) is 2.64. The number of benzene rings is 1. The van der Waals surface area contributed by atoms with E-state index in [1.807, 2.05) is 12.1 Å². The van der Waals surface area contributed by atoms with Crippen molar-refractivity contribution in [2.75, 3.05) is 53.6 Å². The smallest absolute Gasteiger partial charge is 0.255 e. The van der Waals surface area contributed by atoms with Crippen LogP contribution in [0.25, 0.3) is 0 Å². The van der Waals surface area contributed by atoms with E-state index in [1.54, 1.807) is 7.11 Å². The van der Waals surface area contributed by atoms with Gasteiger partial charge in [0.15, 0.2) is 18.1 Å². The van der Waals surface area contributed by atoms with Crippen LogP contribution in [-0.4, -0.2) is 74.9 Å². The first-order valence-corrected chi connectivity index (χ1v) is 9.60. The van der Waals surface area contributed by atoms with Crippen LogP contribution in [0.3, 0.4) is 0 Å². The van der Waals surface area contributed by atoms with E-state index in [1.165, 1.54) is 0 Å². The molecule has 0 aliphatic carbocycles. The number of hydrogen-bond acceptors (Lipinski definition) is 6. The van der Waals surface area contributed by atoms with Gasteiger partial charge in [-0.25, -0.2) is 0 Å². The topological polar surface area (TPSA) is 77.3 Å². The average molecular weight is 398 g/mol. The van der Waals surface area contributed by atoms with Crippen molar-refractivity contribution in [3.63, 3.8) is 0 Å². The van der Waals surface area contributed by atoms with E-state index in [0.29, 0.717) is 16.5 Å². The number of carbonyl (C=O) groups excluding carboxylic acids is 1. The first-order chi connectivity index (χ1) is 12.9. The minimum atomic E-state index is -0.559. The number of halogens is 1. The number of hydrogen-bond donors (Lipinski definition) is 1. The summed E-state index contributed by atoms with van der Waals surface area (Å²) in [7, 11) is 3.77. The molecule has 1 aromatic rings. The van der Waals surface area contributed by atoms with Crippen LogP contribution in [0.15, 0.2) is 12.1 Å². The fourth-order valence-electron chi connectivity index (χ4n) is 3.98. The summed E-state index contributed by atoms with van der Waals surface area (Å²) in [6.07, 6.45) is 2.12. The molecule has 0 atom stereocenters. The molecule has 2 aliphatic heterocycles. The molecule has 2 fully saturated rings. The molecule has 27 heavy (non-hydrogen) atoms. The summed E-state index contributed by atoms with van der Waals surface area (Å²) in [5.74, 6) is 0.297. The second-order valence-electron chi connectivity index (χ2n) is 7.33. The molecule has 2 heterocycles. The van der Waals surface area contributed by atoms with Crippen LogP contribution in [0.1, 0.15) is 18.4 Å². The maximum atomic E-state index is 11.0. The highest BCUT2D eigenvalue weighted by Gasteiger charge is 2.40. The molecule has 2 N–H and O–H groups in total. The SMILES string of the molecule is COc1cc(CN2CCN(C)C3(CCOCC3)C2)cc(Cl)c1OCC(N)=O. The number of ether oxygens (including phenoxy) is 3. The Morgan fingerprint density at radius 2 is 2.07 bits per heavy atom. The maximum Gasteiger partial charge on any atom is 0.255 e. The molecule has 8 heteroatoms. The quantitative estimate of drug-likeness (QED) is 0.784. The lowest BCUT2D eigenvalue weighted by molar-refractivity contribution is -0.119. The van der Waals surface area contributed by atoms with Crippen molar-refractivity contribution in [3.05, 3.63) is 22.7 Å². The van der Waals surface area contributed by atoms with Crippen LogP contribution < -0.4 is 15.2 Å². The van der Waals surface area contributed by atoms with Crippen molar-refractivity contribution in [2.45, 2.75) is 24.9 Å². The molecule has 0 bridgehead atoms. The van der Waals surface area contributed by atoms with E-state index in [9.17, 15) is 4.79 Å². The molecule has 150 valence electrons. The normalized spacial score (nSPS) is 20.6. The number of nitrogens with zero attached hydrogens (tertiary/aromatic N) is 2. The van der Waals surface area contributed by atoms with Gasteiger partial charge in [-0.1, -0.05) is 11.6 Å². The first kappa shape index (κ1) is 20.2. The van der Waals surface area contributed by atoms with Crippen LogP contribution in [0, 0.1) is 0 Å². The highest BCUT2D eigenvalue weighted by molar-refractivity contribution is 6.32. The standard InChI is InChI=1S/C19H28ClN3O4/c1-22-5-6-23(13-19(22)3-7-26-8-4-19)11-14-9-15(20)18(16(10-14)25-2)27-12-17(21)24/h9-10H,3-8,11-13H2,1-2H3,(H2,21,24). The van der Waals surface area contributed by atoms with E-state index in [4.69, 9.17) is 31.5 Å². The van der Waals surface area contributed by atoms with Gasteiger partial charge in [-0.3, -0.25) is 14.6 Å². The molecule has 0 saturated carbocycles. The molecule has 0 aromatic heterocycles. The number of methoxy groups -OCH3 is 1. The lowest BCUT2D eigenvalue weighted by Crippen LogP contribution is -2.62. The van der Waals surface area contributed by atoms with Gasteiger partial charge in [-0.05, 0) is 37.6 Å². The van der Waals surface area contributed by atoms with Crippen molar-refractivity contribution < 1.29 is 19.0 Å². The van der Waals surface area contributed by atoms with E-state index in [-0.39, 0.29) is 12.1 Å². The summed E-state index contributed by atoms with van der Waals surface area (Å²) in [5, 5.41) is 0.417. The van der Waals surface area contributed by atoms with Gasteiger partial charge in [0.2, 0.25) is 0 Å². The van der Waals surface area contributed by atoms with Crippen LogP contribution in [0.5, 0.6) is 11.5 Å². The van der Waals surface area contributed by atoms with Gasteiger partial charge >= 0.3 is 0 Å². The van der Waals surface area contributed by atoms with Crippen LogP contribution in [-0.2, 0) is 16.1 Å². The summed E-state index contributed by atoms with van der Waals surface area (Å²) in [5.41, 5.74) is 6.39. The van der Waals surface area contributed by atoms with Crippen molar-refractivity contribution in [2.24, 2.45) is 5.73 Å². The second-order valence-corrected chi connectivity index (χ2v) is 7.74. The van der Waals surface area contributed by atoms with E-state index < -0.39 is 5.91 Å². The minimum Gasteiger partial charge on any atom is -0.493 e. The Labute approximate surface area is 165 Å². The summed E-state index contributed by atoms with van der Waals surface area (Å²) in [4.78, 5) is 15.9. The van der Waals surface area contributed by atoms with Gasteiger partial charge in [0, 0.05) is 44.9 Å². The van der Waals surface area contributed by atoms with Crippen LogP contribution in [0.4, 0.5) is 0 Å². The number of rotatable bonds is 6. The zero-order valence-corrected chi connectivity index (χ0v) is 16.8. The summed E-state index contributed by atoms with van der Waals surface area (Å²) in [6, 6.07) is 3.78. The van der Waals surface area contributed by atoms with E-state index in [0.717, 1.165) is 57.8 Å². The largest absolute Gasteiger partial charge is 0.493 e. The minimum absolute atomic E-state index is 0.189. The van der Waals surface area contributed by atoms with Crippen molar-refractivity contribution in [3.8, 4) is 11.5 Å². The third-order valence-corrected chi connectivity index (χ3v) is 5.84. The Bertz CT molecular complexity index is 679. The number of primary amides is 1. The lowest BCUT2D eigenvalue weighted by atomic mass is 9.86. The number of piperazine rings is 1. The number of likely N-dealkylation sites (N-methyl/N-ethyl adjacent to an activating group) is 1. The Morgan fingerprint density at radius 3 is 2.74 bits per heavy atom. The summed E-state index contributed by atoms with van der Waals surface area (Å²) < 4.78 is 16.4. The first-order valence-electron chi connectivity index (χ1n) is 9.22. The number of nitrogens with two attached hydrogens (primary N) is 1. The van der Waals surface area contributed by atoms with Crippen molar-refractivity contribution in [1.29, 1.82) is 0 Å². The van der Waals surface area contributed by atoms with Gasteiger partial charge in [-0.15, -0.1) is 0 Å². The highest BCUT2D eigenvalue weighted by atomic mass is 35.5. The molecular formula is C19H28ClN3O4. The molecule has 2 aliphatic rings. The molecule has 3 rings (SSSR count).